The molecule has 33 heavy (non-hydrogen) atoms. The van der Waals surface area contributed by atoms with Crippen LogP contribution in [0.15, 0.2) is 54.6 Å². The molecule has 4 rings (SSSR count). The molecule has 1 aliphatic heterocycles. The molecule has 0 amide bonds. The summed E-state index contributed by atoms with van der Waals surface area (Å²) < 4.78 is 6.22. The van der Waals surface area contributed by atoms with E-state index in [2.05, 4.69) is 11.0 Å². The normalized spacial score (nSPS) is 17.4. The van der Waals surface area contributed by atoms with Gasteiger partial charge in [-0.15, -0.1) is 0 Å². The van der Waals surface area contributed by atoms with E-state index in [0.29, 0.717) is 12.2 Å². The number of hydrogen-bond donors (Lipinski definition) is 2. The zero-order chi connectivity index (χ0) is 23.8. The lowest BCUT2D eigenvalue weighted by Gasteiger charge is -2.41. The summed E-state index contributed by atoms with van der Waals surface area (Å²) in [6, 6.07) is 18.0. The molecule has 2 aromatic carbocycles. The number of para-hydroxylation sites is 2. The molecule has 1 aliphatic carbocycles. The smallest absolute Gasteiger partial charge is 0.414 e. The minimum Gasteiger partial charge on any atom is -0.473 e. The van der Waals surface area contributed by atoms with Crippen LogP contribution in [0.5, 0.6) is 11.5 Å². The number of benzene rings is 2. The van der Waals surface area contributed by atoms with E-state index in [9.17, 15) is 4.79 Å². The average molecular weight is 454 g/mol. The van der Waals surface area contributed by atoms with Gasteiger partial charge in [0, 0.05) is 18.5 Å². The van der Waals surface area contributed by atoms with Gasteiger partial charge in [-0.05, 0) is 62.9 Å². The number of rotatable bonds is 7. The van der Waals surface area contributed by atoms with Gasteiger partial charge in [-0.25, -0.2) is 9.59 Å². The lowest BCUT2D eigenvalue weighted by molar-refractivity contribution is -0.159. The van der Waals surface area contributed by atoms with E-state index in [-0.39, 0.29) is 0 Å². The van der Waals surface area contributed by atoms with Crippen molar-refractivity contribution >= 4 is 17.7 Å². The van der Waals surface area contributed by atoms with Gasteiger partial charge in [0.05, 0.1) is 5.41 Å². The second kappa shape index (κ2) is 11.1. The molecule has 0 unspecified atom stereocenters. The molecule has 0 atom stereocenters. The third kappa shape index (κ3) is 6.42. The van der Waals surface area contributed by atoms with Crippen LogP contribution < -0.4 is 4.74 Å². The largest absolute Gasteiger partial charge is 0.473 e. The summed E-state index contributed by atoms with van der Waals surface area (Å²) in [5.41, 5.74) is 0.645. The Kier molecular flexibility index (Phi) is 8.22. The predicted molar refractivity (Wildman–Crippen MR) is 124 cm³/mol. The highest BCUT2D eigenvalue weighted by Crippen LogP contribution is 2.43. The molecule has 1 heterocycles. The fraction of sp³-hybridized carbons (Fsp3) is 0.423. The summed E-state index contributed by atoms with van der Waals surface area (Å²) in [7, 11) is 0. The molecule has 0 radical (unpaired) electrons. The minimum atomic E-state index is -1.82. The number of carboxylic acid groups (broad SMARTS) is 2. The molecule has 1 saturated heterocycles. The number of carbonyl (C=O) groups excluding carboxylic acids is 1. The van der Waals surface area contributed by atoms with E-state index in [4.69, 9.17) is 24.5 Å². The lowest BCUT2D eigenvalue weighted by Crippen LogP contribution is -2.47. The van der Waals surface area contributed by atoms with Crippen molar-refractivity contribution in [2.75, 3.05) is 19.6 Å². The number of carbonyl (C=O) groups is 3. The number of likely N-dealkylation sites (tertiary alicyclic amines) is 1. The molecule has 7 heteroatoms. The Labute approximate surface area is 194 Å². The summed E-state index contributed by atoms with van der Waals surface area (Å²) >= 11 is 0. The predicted octanol–water partition coefficient (Wildman–Crippen LogP) is 4.36. The number of piperidine rings is 1. The monoisotopic (exact) mass is 453 g/mol. The number of hydrogen-bond acceptors (Lipinski definition) is 5. The number of ether oxygens (including phenoxy) is 1. The fourth-order valence-corrected chi connectivity index (χ4v) is 4.39. The summed E-state index contributed by atoms with van der Waals surface area (Å²) in [6.07, 6.45) is 5.11. The second-order valence-corrected chi connectivity index (χ2v) is 8.62. The van der Waals surface area contributed by atoms with E-state index in [1.807, 2.05) is 55.5 Å². The van der Waals surface area contributed by atoms with Crippen LogP contribution in [0.1, 0.15) is 44.6 Å². The van der Waals surface area contributed by atoms with Crippen LogP contribution in [0.2, 0.25) is 0 Å². The van der Waals surface area contributed by atoms with Gasteiger partial charge in [0.25, 0.3) is 0 Å². The van der Waals surface area contributed by atoms with Crippen LogP contribution in [0.4, 0.5) is 0 Å². The van der Waals surface area contributed by atoms with Crippen molar-refractivity contribution in [3.05, 3.63) is 60.2 Å². The van der Waals surface area contributed by atoms with E-state index >= 15 is 0 Å². The van der Waals surface area contributed by atoms with Crippen molar-refractivity contribution in [3.63, 3.8) is 0 Å². The number of aliphatic carboxylic acids is 2. The number of Topliss-reactive ketones (excluding diaryl/α,β-unsaturated/α-hetero) is 1. The van der Waals surface area contributed by atoms with E-state index < -0.39 is 17.4 Å². The Hall–Kier alpha value is -3.19. The topological polar surface area (TPSA) is 104 Å². The van der Waals surface area contributed by atoms with Crippen molar-refractivity contribution in [3.8, 4) is 11.5 Å². The Morgan fingerprint density at radius 3 is 2.06 bits per heavy atom. The van der Waals surface area contributed by atoms with Crippen molar-refractivity contribution in [2.24, 2.45) is 5.92 Å². The van der Waals surface area contributed by atoms with Crippen molar-refractivity contribution < 1.29 is 29.3 Å². The number of ketones is 1. The van der Waals surface area contributed by atoms with Crippen molar-refractivity contribution in [1.82, 2.24) is 4.90 Å². The maximum atomic E-state index is 13.2. The van der Waals surface area contributed by atoms with Crippen molar-refractivity contribution in [2.45, 2.75) is 44.4 Å². The molecule has 1 saturated carbocycles. The first kappa shape index (κ1) is 24.5. The van der Waals surface area contributed by atoms with Crippen LogP contribution in [-0.2, 0) is 19.8 Å². The highest BCUT2D eigenvalue weighted by atomic mass is 16.5. The van der Waals surface area contributed by atoms with Gasteiger partial charge >= 0.3 is 11.9 Å². The first-order valence-electron chi connectivity index (χ1n) is 11.4. The van der Waals surface area contributed by atoms with Gasteiger partial charge in [-0.2, -0.15) is 0 Å². The highest BCUT2D eigenvalue weighted by molar-refractivity contribution is 6.27. The van der Waals surface area contributed by atoms with Crippen LogP contribution in [-0.4, -0.2) is 52.5 Å². The Morgan fingerprint density at radius 1 is 0.939 bits per heavy atom. The van der Waals surface area contributed by atoms with Crippen molar-refractivity contribution in [1.29, 1.82) is 0 Å². The number of carboxylic acids is 2. The third-order valence-corrected chi connectivity index (χ3v) is 6.33. The van der Waals surface area contributed by atoms with Crippen LogP contribution in [0.25, 0.3) is 0 Å². The minimum absolute atomic E-state index is 0.345. The van der Waals surface area contributed by atoms with E-state index in [1.54, 1.807) is 0 Å². The van der Waals surface area contributed by atoms with Crippen LogP contribution in [0, 0.1) is 5.92 Å². The maximum absolute atomic E-state index is 13.2. The van der Waals surface area contributed by atoms with Gasteiger partial charge < -0.3 is 19.8 Å². The molecular weight excluding hydrogens is 422 g/mol. The molecule has 0 bridgehead atoms. The summed E-state index contributed by atoms with van der Waals surface area (Å²) in [5, 5.41) is 14.8. The van der Waals surface area contributed by atoms with E-state index in [0.717, 1.165) is 48.9 Å². The lowest BCUT2D eigenvalue weighted by atomic mass is 9.68. The third-order valence-electron chi connectivity index (χ3n) is 6.33. The molecule has 0 aromatic heterocycles. The molecule has 2 fully saturated rings. The molecule has 2 aliphatic rings. The first-order chi connectivity index (χ1) is 15.9. The quantitative estimate of drug-likeness (QED) is 0.600. The number of nitrogens with zero attached hydrogens (tertiary/aromatic N) is 1. The van der Waals surface area contributed by atoms with Gasteiger partial charge in [0.1, 0.15) is 17.3 Å². The van der Waals surface area contributed by atoms with Crippen LogP contribution >= 0.6 is 0 Å². The van der Waals surface area contributed by atoms with Gasteiger partial charge in [-0.1, -0.05) is 43.3 Å². The maximum Gasteiger partial charge on any atom is 0.414 e. The molecule has 176 valence electrons. The summed E-state index contributed by atoms with van der Waals surface area (Å²) in [4.78, 5) is 33.9. The van der Waals surface area contributed by atoms with E-state index in [1.165, 1.54) is 19.4 Å². The summed E-state index contributed by atoms with van der Waals surface area (Å²) in [5.74, 6) is -0.771. The average Bonchev–Trinajstić information content (AvgIpc) is 3.65. The fourth-order valence-electron chi connectivity index (χ4n) is 4.39. The first-order valence-corrected chi connectivity index (χ1v) is 11.4. The van der Waals surface area contributed by atoms with Gasteiger partial charge in [0.15, 0.2) is 0 Å². The zero-order valence-corrected chi connectivity index (χ0v) is 18.9. The Bertz CT molecular complexity index is 950. The molecule has 7 nitrogen and oxygen atoms in total. The van der Waals surface area contributed by atoms with Gasteiger partial charge in [-0.3, -0.25) is 4.79 Å². The molecule has 0 spiro atoms. The van der Waals surface area contributed by atoms with Crippen LogP contribution in [0.3, 0.4) is 0 Å². The SMILES string of the molecule is CCC(=O)C1(c2ccccc2Oc2ccccc2)CCN(CC2CC2)CC1.O=C(O)C(=O)O. The standard InChI is InChI=1S/C24H29NO2.C2H2O4/c1-2-23(26)24(14-16-25(17-15-24)18-19-12-13-19)21-10-6-7-11-22(21)27-20-8-4-3-5-9-20;3-1(4)2(5)6/h3-11,19H,2,12-18H2,1H3;(H,3,4)(H,5,6). The Balaban J connectivity index is 0.000000454. The summed E-state index contributed by atoms with van der Waals surface area (Å²) in [6.45, 7) is 5.20. The highest BCUT2D eigenvalue weighted by Gasteiger charge is 2.44. The Morgan fingerprint density at radius 2 is 1.52 bits per heavy atom. The second-order valence-electron chi connectivity index (χ2n) is 8.62. The molecule has 2 N–H and O–H groups in total. The van der Waals surface area contributed by atoms with Gasteiger partial charge in [0.2, 0.25) is 0 Å². The molecular formula is C26H31NO6. The molecule has 2 aromatic rings. The zero-order valence-electron chi connectivity index (χ0n) is 18.9.